The lowest BCUT2D eigenvalue weighted by Crippen LogP contribution is -2.26. The van der Waals surface area contributed by atoms with E-state index in [0.717, 1.165) is 22.1 Å². The van der Waals surface area contributed by atoms with E-state index in [4.69, 9.17) is 15.2 Å². The number of methoxy groups -OCH3 is 2. The molecule has 1 aromatic heterocycles. The molecule has 0 spiro atoms. The van der Waals surface area contributed by atoms with Crippen LogP contribution in [-0.4, -0.2) is 31.7 Å². The van der Waals surface area contributed by atoms with E-state index in [1.165, 1.54) is 11.3 Å². The van der Waals surface area contributed by atoms with Crippen LogP contribution in [0, 0.1) is 0 Å². The van der Waals surface area contributed by atoms with E-state index in [0.29, 0.717) is 18.7 Å². The minimum atomic E-state index is -0.199. The Morgan fingerprint density at radius 3 is 2.78 bits per heavy atom. The SMILES string of the molecule is COc1ccc(OC)c(CCNC(=O)c2csc(C(C)N)n2)c1. The van der Waals surface area contributed by atoms with Crippen molar-refractivity contribution in [2.24, 2.45) is 5.73 Å². The lowest BCUT2D eigenvalue weighted by Gasteiger charge is -2.10. The zero-order valence-corrected chi connectivity index (χ0v) is 14.3. The number of nitrogens with zero attached hydrogens (tertiary/aromatic N) is 1. The van der Waals surface area contributed by atoms with Gasteiger partial charge in [-0.25, -0.2) is 4.98 Å². The highest BCUT2D eigenvalue weighted by atomic mass is 32.1. The summed E-state index contributed by atoms with van der Waals surface area (Å²) in [6.45, 7) is 2.32. The average Bonchev–Trinajstić information content (AvgIpc) is 3.05. The van der Waals surface area contributed by atoms with Crippen molar-refractivity contribution in [3.63, 3.8) is 0 Å². The monoisotopic (exact) mass is 335 g/mol. The first kappa shape index (κ1) is 17.2. The topological polar surface area (TPSA) is 86.5 Å². The Labute approximate surface area is 139 Å². The number of carbonyl (C=O) groups excluding carboxylic acids is 1. The lowest BCUT2D eigenvalue weighted by atomic mass is 10.1. The number of thiazole rings is 1. The third-order valence-electron chi connectivity index (χ3n) is 3.31. The maximum absolute atomic E-state index is 12.1. The van der Waals surface area contributed by atoms with Gasteiger partial charge in [0.15, 0.2) is 0 Å². The minimum Gasteiger partial charge on any atom is -0.497 e. The molecular formula is C16H21N3O3S. The summed E-state index contributed by atoms with van der Waals surface area (Å²) in [5.41, 5.74) is 7.13. The Balaban J connectivity index is 1.94. The van der Waals surface area contributed by atoms with Gasteiger partial charge in [-0.15, -0.1) is 11.3 Å². The van der Waals surface area contributed by atoms with Gasteiger partial charge in [-0.2, -0.15) is 0 Å². The van der Waals surface area contributed by atoms with E-state index < -0.39 is 0 Å². The van der Waals surface area contributed by atoms with Crippen LogP contribution in [0.1, 0.15) is 34.0 Å². The van der Waals surface area contributed by atoms with Crippen LogP contribution in [0.5, 0.6) is 11.5 Å². The number of benzene rings is 1. The number of rotatable bonds is 7. The third kappa shape index (κ3) is 4.43. The van der Waals surface area contributed by atoms with Gasteiger partial charge in [0.05, 0.1) is 20.3 Å². The summed E-state index contributed by atoms with van der Waals surface area (Å²) < 4.78 is 10.5. The van der Waals surface area contributed by atoms with Crippen molar-refractivity contribution in [3.05, 3.63) is 39.8 Å². The lowest BCUT2D eigenvalue weighted by molar-refractivity contribution is 0.0949. The Bertz CT molecular complexity index is 670. The zero-order valence-electron chi connectivity index (χ0n) is 13.5. The predicted molar refractivity (Wildman–Crippen MR) is 90.3 cm³/mol. The average molecular weight is 335 g/mol. The zero-order chi connectivity index (χ0) is 16.8. The largest absolute Gasteiger partial charge is 0.497 e. The molecule has 0 saturated carbocycles. The molecule has 0 fully saturated rings. The van der Waals surface area contributed by atoms with Crippen LogP contribution in [0.4, 0.5) is 0 Å². The Kier molecular flexibility index (Phi) is 5.95. The standard InChI is InChI=1S/C16H21N3O3S/c1-10(17)16-19-13(9-23-16)15(20)18-7-6-11-8-12(21-2)4-5-14(11)22-3/h4-5,8-10H,6-7,17H2,1-3H3,(H,18,20). The number of nitrogens with two attached hydrogens (primary N) is 1. The van der Waals surface area contributed by atoms with Crippen LogP contribution in [0.25, 0.3) is 0 Å². The summed E-state index contributed by atoms with van der Waals surface area (Å²) in [7, 11) is 3.24. The summed E-state index contributed by atoms with van der Waals surface area (Å²) in [4.78, 5) is 16.3. The number of hydrogen-bond acceptors (Lipinski definition) is 6. The van der Waals surface area contributed by atoms with E-state index in [1.54, 1.807) is 19.6 Å². The highest BCUT2D eigenvalue weighted by Gasteiger charge is 2.13. The quantitative estimate of drug-likeness (QED) is 0.810. The maximum Gasteiger partial charge on any atom is 0.270 e. The fourth-order valence-corrected chi connectivity index (χ4v) is 2.84. The molecule has 23 heavy (non-hydrogen) atoms. The highest BCUT2D eigenvalue weighted by molar-refractivity contribution is 7.09. The number of amides is 1. The molecule has 1 heterocycles. The number of nitrogens with one attached hydrogen (secondary N) is 1. The van der Waals surface area contributed by atoms with Crippen molar-refractivity contribution < 1.29 is 14.3 Å². The van der Waals surface area contributed by atoms with Crippen LogP contribution in [0.2, 0.25) is 0 Å². The molecule has 0 aliphatic rings. The van der Waals surface area contributed by atoms with Crippen molar-refractivity contribution in [2.75, 3.05) is 20.8 Å². The van der Waals surface area contributed by atoms with E-state index in [1.807, 2.05) is 25.1 Å². The van der Waals surface area contributed by atoms with Gasteiger partial charge >= 0.3 is 0 Å². The Hall–Kier alpha value is -2.12. The summed E-state index contributed by atoms with van der Waals surface area (Å²) in [5, 5.41) is 5.33. The van der Waals surface area contributed by atoms with Gasteiger partial charge in [-0.1, -0.05) is 0 Å². The molecule has 0 saturated heterocycles. The first-order chi connectivity index (χ1) is 11.0. The van der Waals surface area contributed by atoms with Crippen molar-refractivity contribution in [1.82, 2.24) is 10.3 Å². The molecule has 7 heteroatoms. The molecule has 0 aliphatic heterocycles. The molecule has 2 rings (SSSR count). The summed E-state index contributed by atoms with van der Waals surface area (Å²) in [6.07, 6.45) is 0.635. The van der Waals surface area contributed by atoms with E-state index in [2.05, 4.69) is 10.3 Å². The van der Waals surface area contributed by atoms with E-state index >= 15 is 0 Å². The van der Waals surface area contributed by atoms with Gasteiger partial charge < -0.3 is 20.5 Å². The van der Waals surface area contributed by atoms with Gasteiger partial charge in [0.1, 0.15) is 22.2 Å². The molecule has 0 bridgehead atoms. The van der Waals surface area contributed by atoms with Gasteiger partial charge in [-0.05, 0) is 37.1 Å². The van der Waals surface area contributed by atoms with Crippen LogP contribution in [0.3, 0.4) is 0 Å². The number of aromatic nitrogens is 1. The van der Waals surface area contributed by atoms with Crippen molar-refractivity contribution >= 4 is 17.2 Å². The van der Waals surface area contributed by atoms with Gasteiger partial charge in [-0.3, -0.25) is 4.79 Å². The van der Waals surface area contributed by atoms with Crippen LogP contribution >= 0.6 is 11.3 Å². The van der Waals surface area contributed by atoms with Gasteiger partial charge in [0.2, 0.25) is 0 Å². The molecule has 124 valence electrons. The summed E-state index contributed by atoms with van der Waals surface area (Å²) >= 11 is 1.39. The van der Waals surface area contributed by atoms with Crippen LogP contribution < -0.4 is 20.5 Å². The predicted octanol–water partition coefficient (Wildman–Crippen LogP) is 2.15. The minimum absolute atomic E-state index is 0.164. The van der Waals surface area contributed by atoms with Gasteiger partial charge in [0.25, 0.3) is 5.91 Å². The first-order valence-corrected chi connectivity index (χ1v) is 8.13. The fraction of sp³-hybridized carbons (Fsp3) is 0.375. The summed E-state index contributed by atoms with van der Waals surface area (Å²) in [5.74, 6) is 1.33. The highest BCUT2D eigenvalue weighted by Crippen LogP contribution is 2.24. The van der Waals surface area contributed by atoms with E-state index in [9.17, 15) is 4.79 Å². The van der Waals surface area contributed by atoms with E-state index in [-0.39, 0.29) is 11.9 Å². The molecule has 1 aromatic carbocycles. The second-order valence-electron chi connectivity index (χ2n) is 5.04. The molecule has 2 aromatic rings. The van der Waals surface area contributed by atoms with Crippen LogP contribution in [0.15, 0.2) is 23.6 Å². The molecule has 1 unspecified atom stereocenters. The molecule has 6 nitrogen and oxygen atoms in total. The number of ether oxygens (including phenoxy) is 2. The molecule has 1 amide bonds. The molecular weight excluding hydrogens is 314 g/mol. The van der Waals surface area contributed by atoms with Crippen molar-refractivity contribution in [2.45, 2.75) is 19.4 Å². The summed E-state index contributed by atoms with van der Waals surface area (Å²) in [6, 6.07) is 5.43. The molecule has 0 aliphatic carbocycles. The third-order valence-corrected chi connectivity index (χ3v) is 4.36. The molecule has 0 radical (unpaired) electrons. The van der Waals surface area contributed by atoms with Crippen LogP contribution in [-0.2, 0) is 6.42 Å². The smallest absolute Gasteiger partial charge is 0.270 e. The second kappa shape index (κ2) is 7.94. The number of hydrogen-bond donors (Lipinski definition) is 2. The Morgan fingerprint density at radius 2 is 2.17 bits per heavy atom. The number of carbonyl (C=O) groups is 1. The maximum atomic E-state index is 12.1. The van der Waals surface area contributed by atoms with Crippen molar-refractivity contribution in [3.8, 4) is 11.5 Å². The molecule has 1 atom stereocenters. The van der Waals surface area contributed by atoms with Crippen molar-refractivity contribution in [1.29, 1.82) is 0 Å². The second-order valence-corrected chi connectivity index (χ2v) is 5.93. The Morgan fingerprint density at radius 1 is 1.39 bits per heavy atom. The fourth-order valence-electron chi connectivity index (χ4n) is 2.08. The molecule has 3 N–H and O–H groups in total. The normalized spacial score (nSPS) is 11.8. The van der Waals surface area contributed by atoms with Gasteiger partial charge in [0, 0.05) is 11.9 Å². The first-order valence-electron chi connectivity index (χ1n) is 7.25.